The largest absolute Gasteiger partial charge is 0.392 e. The topological polar surface area (TPSA) is 97.0 Å². The van der Waals surface area contributed by atoms with E-state index < -0.39 is 0 Å². The van der Waals surface area contributed by atoms with Gasteiger partial charge < -0.3 is 16.6 Å². The SMILES string of the molecule is NC(N)=NN=Cc1ccc(CO)cc1. The molecule has 1 aromatic carbocycles. The molecule has 5 nitrogen and oxygen atoms in total. The van der Waals surface area contributed by atoms with Crippen LogP contribution in [0.2, 0.25) is 0 Å². The van der Waals surface area contributed by atoms with Crippen LogP contribution in [0.4, 0.5) is 0 Å². The molecule has 0 fully saturated rings. The zero-order valence-electron chi connectivity index (χ0n) is 7.59. The molecule has 1 rings (SSSR count). The molecule has 0 amide bonds. The summed E-state index contributed by atoms with van der Waals surface area (Å²) in [4.78, 5) is 0. The molecule has 0 unspecified atom stereocenters. The smallest absolute Gasteiger partial charge is 0.211 e. The van der Waals surface area contributed by atoms with Crippen LogP contribution < -0.4 is 11.5 Å². The van der Waals surface area contributed by atoms with Gasteiger partial charge in [0, 0.05) is 0 Å². The first-order valence-electron chi connectivity index (χ1n) is 4.04. The van der Waals surface area contributed by atoms with Crippen molar-refractivity contribution in [3.8, 4) is 0 Å². The van der Waals surface area contributed by atoms with Crippen LogP contribution in [0.15, 0.2) is 34.5 Å². The first-order valence-corrected chi connectivity index (χ1v) is 4.04. The number of rotatable bonds is 3. The van der Waals surface area contributed by atoms with Crippen molar-refractivity contribution in [3.63, 3.8) is 0 Å². The standard InChI is InChI=1S/C9H12N4O/c10-9(11)13-12-5-7-1-3-8(6-14)4-2-7/h1-5,14H,6H2,(H4,10,11,13). The number of nitrogens with zero attached hydrogens (tertiary/aromatic N) is 2. The summed E-state index contributed by atoms with van der Waals surface area (Å²) in [5, 5.41) is 15.9. The fraction of sp³-hybridized carbons (Fsp3) is 0.111. The summed E-state index contributed by atoms with van der Waals surface area (Å²) in [5.41, 5.74) is 11.9. The van der Waals surface area contributed by atoms with Crippen molar-refractivity contribution in [1.29, 1.82) is 0 Å². The maximum absolute atomic E-state index is 8.79. The lowest BCUT2D eigenvalue weighted by molar-refractivity contribution is 0.282. The number of benzene rings is 1. The second kappa shape index (κ2) is 4.98. The van der Waals surface area contributed by atoms with E-state index in [1.165, 1.54) is 6.21 Å². The van der Waals surface area contributed by atoms with Crippen molar-refractivity contribution in [2.45, 2.75) is 6.61 Å². The third kappa shape index (κ3) is 3.24. The molecule has 0 bridgehead atoms. The van der Waals surface area contributed by atoms with E-state index in [4.69, 9.17) is 16.6 Å². The van der Waals surface area contributed by atoms with E-state index in [-0.39, 0.29) is 12.6 Å². The highest BCUT2D eigenvalue weighted by Gasteiger charge is 1.89. The van der Waals surface area contributed by atoms with Gasteiger partial charge in [-0.3, -0.25) is 0 Å². The lowest BCUT2D eigenvalue weighted by atomic mass is 10.2. The van der Waals surface area contributed by atoms with Crippen LogP contribution in [-0.2, 0) is 6.61 Å². The molecule has 0 atom stereocenters. The average Bonchev–Trinajstić information content (AvgIpc) is 2.18. The Morgan fingerprint density at radius 3 is 2.43 bits per heavy atom. The Labute approximate surface area is 81.8 Å². The molecule has 0 aliphatic heterocycles. The Kier molecular flexibility index (Phi) is 3.63. The highest BCUT2D eigenvalue weighted by Crippen LogP contribution is 2.01. The number of aliphatic hydroxyl groups is 1. The highest BCUT2D eigenvalue weighted by molar-refractivity contribution is 5.81. The van der Waals surface area contributed by atoms with Crippen LogP contribution in [0.5, 0.6) is 0 Å². The van der Waals surface area contributed by atoms with Gasteiger partial charge >= 0.3 is 0 Å². The predicted octanol–water partition coefficient (Wildman–Crippen LogP) is -0.214. The molecular formula is C9H12N4O. The molecule has 0 aliphatic rings. The maximum Gasteiger partial charge on any atom is 0.211 e. The summed E-state index contributed by atoms with van der Waals surface area (Å²) in [6.07, 6.45) is 1.53. The van der Waals surface area contributed by atoms with Gasteiger partial charge in [0.05, 0.1) is 12.8 Å². The van der Waals surface area contributed by atoms with E-state index in [0.29, 0.717) is 0 Å². The summed E-state index contributed by atoms with van der Waals surface area (Å²) in [7, 11) is 0. The Morgan fingerprint density at radius 1 is 1.29 bits per heavy atom. The van der Waals surface area contributed by atoms with Crippen molar-refractivity contribution < 1.29 is 5.11 Å². The maximum atomic E-state index is 8.79. The molecule has 0 aromatic heterocycles. The van der Waals surface area contributed by atoms with Gasteiger partial charge in [0.15, 0.2) is 0 Å². The molecule has 0 heterocycles. The molecule has 0 spiro atoms. The third-order valence-corrected chi connectivity index (χ3v) is 1.54. The molecular weight excluding hydrogens is 180 g/mol. The van der Waals surface area contributed by atoms with E-state index in [9.17, 15) is 0 Å². The summed E-state index contributed by atoms with van der Waals surface area (Å²) in [5.74, 6) is -0.0757. The minimum atomic E-state index is -0.0757. The molecule has 5 N–H and O–H groups in total. The zero-order valence-corrected chi connectivity index (χ0v) is 7.59. The van der Waals surface area contributed by atoms with Crippen LogP contribution in [0, 0.1) is 0 Å². The first-order chi connectivity index (χ1) is 6.72. The molecule has 5 heteroatoms. The predicted molar refractivity (Wildman–Crippen MR) is 55.8 cm³/mol. The fourth-order valence-corrected chi connectivity index (χ4v) is 0.871. The van der Waals surface area contributed by atoms with Crippen LogP contribution in [0.1, 0.15) is 11.1 Å². The molecule has 1 aromatic rings. The lowest BCUT2D eigenvalue weighted by Crippen LogP contribution is -2.21. The van der Waals surface area contributed by atoms with Crippen molar-refractivity contribution >= 4 is 12.2 Å². The van der Waals surface area contributed by atoms with E-state index in [2.05, 4.69) is 10.2 Å². The van der Waals surface area contributed by atoms with Gasteiger partial charge in [0.25, 0.3) is 0 Å². The minimum absolute atomic E-state index is 0.0331. The number of guanidine groups is 1. The van der Waals surface area contributed by atoms with E-state index >= 15 is 0 Å². The Balaban J connectivity index is 2.69. The van der Waals surface area contributed by atoms with Crippen LogP contribution >= 0.6 is 0 Å². The van der Waals surface area contributed by atoms with Crippen molar-refractivity contribution in [1.82, 2.24) is 0 Å². The Bertz CT molecular complexity index is 338. The quantitative estimate of drug-likeness (QED) is 0.351. The van der Waals surface area contributed by atoms with Crippen LogP contribution in [0.25, 0.3) is 0 Å². The van der Waals surface area contributed by atoms with Gasteiger partial charge in [-0.2, -0.15) is 5.10 Å². The summed E-state index contributed by atoms with van der Waals surface area (Å²) in [6, 6.07) is 7.24. The molecule has 0 saturated heterocycles. The van der Waals surface area contributed by atoms with Gasteiger partial charge in [-0.05, 0) is 11.1 Å². The third-order valence-electron chi connectivity index (χ3n) is 1.54. The van der Waals surface area contributed by atoms with E-state index in [0.717, 1.165) is 11.1 Å². The highest BCUT2D eigenvalue weighted by atomic mass is 16.3. The number of hydrogen-bond donors (Lipinski definition) is 3. The lowest BCUT2D eigenvalue weighted by Gasteiger charge is -1.95. The normalized spacial score (nSPS) is 10.4. The van der Waals surface area contributed by atoms with Gasteiger partial charge in [0.2, 0.25) is 5.96 Å². The Hall–Kier alpha value is -1.88. The van der Waals surface area contributed by atoms with Crippen molar-refractivity contribution in [2.24, 2.45) is 21.7 Å². The number of hydrogen-bond acceptors (Lipinski definition) is 3. The van der Waals surface area contributed by atoms with Gasteiger partial charge in [-0.25, -0.2) is 0 Å². The summed E-state index contributed by atoms with van der Waals surface area (Å²) in [6.45, 7) is 0.0331. The minimum Gasteiger partial charge on any atom is -0.392 e. The zero-order chi connectivity index (χ0) is 10.4. The van der Waals surface area contributed by atoms with Crippen molar-refractivity contribution in [2.75, 3.05) is 0 Å². The molecule has 0 aliphatic carbocycles. The number of aliphatic hydroxyl groups excluding tert-OH is 1. The van der Waals surface area contributed by atoms with E-state index in [1.807, 2.05) is 12.1 Å². The van der Waals surface area contributed by atoms with Crippen molar-refractivity contribution in [3.05, 3.63) is 35.4 Å². The second-order valence-corrected chi connectivity index (χ2v) is 2.67. The molecule has 0 radical (unpaired) electrons. The van der Waals surface area contributed by atoms with Gasteiger partial charge in [0.1, 0.15) is 0 Å². The van der Waals surface area contributed by atoms with Gasteiger partial charge in [-0.15, -0.1) is 5.10 Å². The second-order valence-electron chi connectivity index (χ2n) is 2.67. The van der Waals surface area contributed by atoms with Crippen LogP contribution in [0.3, 0.4) is 0 Å². The summed E-state index contributed by atoms with van der Waals surface area (Å²) >= 11 is 0. The van der Waals surface area contributed by atoms with E-state index in [1.54, 1.807) is 12.1 Å². The summed E-state index contributed by atoms with van der Waals surface area (Å²) < 4.78 is 0. The average molecular weight is 192 g/mol. The van der Waals surface area contributed by atoms with Gasteiger partial charge in [-0.1, -0.05) is 24.3 Å². The Morgan fingerprint density at radius 2 is 1.93 bits per heavy atom. The fourth-order valence-electron chi connectivity index (χ4n) is 0.871. The molecule has 14 heavy (non-hydrogen) atoms. The monoisotopic (exact) mass is 192 g/mol. The van der Waals surface area contributed by atoms with Crippen LogP contribution in [-0.4, -0.2) is 17.3 Å². The molecule has 0 saturated carbocycles. The molecule has 74 valence electrons. The number of nitrogens with two attached hydrogens (primary N) is 2. The first kappa shape index (κ1) is 10.2.